The van der Waals surface area contributed by atoms with E-state index < -0.39 is 0 Å². The number of aromatic nitrogens is 2. The Labute approximate surface area is 176 Å². The smallest absolute Gasteiger partial charge is 0.337 e. The molecular weight excluding hydrogens is 408 g/mol. The van der Waals surface area contributed by atoms with E-state index in [0.29, 0.717) is 33.2 Å². The van der Waals surface area contributed by atoms with Crippen LogP contribution < -0.4 is 16.0 Å². The third kappa shape index (κ3) is 3.39. The molecule has 7 heteroatoms. The Balaban J connectivity index is 2.04. The highest BCUT2D eigenvalue weighted by Crippen LogP contribution is 2.28. The molecule has 29 heavy (non-hydrogen) atoms. The van der Waals surface area contributed by atoms with Crippen LogP contribution in [0.5, 0.6) is 5.75 Å². The maximum atomic E-state index is 13.5. The van der Waals surface area contributed by atoms with Crippen LogP contribution in [-0.4, -0.2) is 16.2 Å². The van der Waals surface area contributed by atoms with E-state index in [-0.39, 0.29) is 11.2 Å². The number of fused-ring (bicyclic) bond motifs is 1. The second kappa shape index (κ2) is 7.54. The predicted octanol–water partition coefficient (Wildman–Crippen LogP) is 4.54. The molecule has 0 aliphatic heterocycles. The monoisotopic (exact) mass is 426 g/mol. The van der Waals surface area contributed by atoms with E-state index in [4.69, 9.17) is 16.3 Å². The van der Waals surface area contributed by atoms with Gasteiger partial charge < -0.3 is 4.74 Å². The first-order chi connectivity index (χ1) is 13.9. The third-order valence-corrected chi connectivity index (χ3v) is 6.50. The molecule has 0 atom stereocenters. The summed E-state index contributed by atoms with van der Waals surface area (Å²) in [6, 6.07) is 14.3. The summed E-state index contributed by atoms with van der Waals surface area (Å²) in [6.07, 6.45) is 0. The molecule has 4 rings (SSSR count). The van der Waals surface area contributed by atoms with Crippen molar-refractivity contribution in [1.82, 2.24) is 9.13 Å². The van der Waals surface area contributed by atoms with Crippen LogP contribution in [-0.2, 0) is 6.54 Å². The van der Waals surface area contributed by atoms with Crippen molar-refractivity contribution in [3.05, 3.63) is 90.4 Å². The number of hydrogen-bond donors (Lipinski definition) is 0. The van der Waals surface area contributed by atoms with E-state index in [9.17, 15) is 9.59 Å². The molecule has 0 spiro atoms. The van der Waals surface area contributed by atoms with Crippen LogP contribution in [0.25, 0.3) is 15.9 Å². The average Bonchev–Trinajstić information content (AvgIpc) is 3.01. The fourth-order valence-electron chi connectivity index (χ4n) is 3.35. The minimum absolute atomic E-state index is 0.313. The Morgan fingerprint density at radius 1 is 1.07 bits per heavy atom. The van der Waals surface area contributed by atoms with E-state index in [1.165, 1.54) is 15.9 Å². The van der Waals surface area contributed by atoms with E-state index in [0.717, 1.165) is 16.0 Å². The topological polar surface area (TPSA) is 53.2 Å². The molecule has 0 unspecified atom stereocenters. The lowest BCUT2D eigenvalue weighted by Crippen LogP contribution is -2.38. The molecule has 0 aliphatic carbocycles. The Hall–Kier alpha value is -2.83. The molecule has 4 aromatic rings. The van der Waals surface area contributed by atoms with Crippen molar-refractivity contribution >= 4 is 33.2 Å². The van der Waals surface area contributed by atoms with Crippen molar-refractivity contribution in [3.63, 3.8) is 0 Å². The zero-order valence-corrected chi connectivity index (χ0v) is 17.8. The highest BCUT2D eigenvalue weighted by Gasteiger charge is 2.20. The average molecular weight is 427 g/mol. The summed E-state index contributed by atoms with van der Waals surface area (Å²) in [7, 11) is 1.55. The molecule has 0 bridgehead atoms. The summed E-state index contributed by atoms with van der Waals surface area (Å²) in [6.45, 7) is 4.23. The number of halogens is 1. The Morgan fingerprint density at radius 3 is 2.48 bits per heavy atom. The maximum absolute atomic E-state index is 13.5. The van der Waals surface area contributed by atoms with Crippen LogP contribution in [0.15, 0.2) is 58.1 Å². The van der Waals surface area contributed by atoms with Gasteiger partial charge in [-0.05, 0) is 49.2 Å². The summed E-state index contributed by atoms with van der Waals surface area (Å²) in [5.74, 6) is 0.580. The normalized spacial score (nSPS) is 11.2. The van der Waals surface area contributed by atoms with Crippen LogP contribution in [0.2, 0.25) is 5.02 Å². The summed E-state index contributed by atoms with van der Waals surface area (Å²) in [4.78, 5) is 28.5. The molecule has 0 fully saturated rings. The molecule has 2 aromatic carbocycles. The van der Waals surface area contributed by atoms with Crippen molar-refractivity contribution in [3.8, 4) is 11.4 Å². The van der Waals surface area contributed by atoms with Crippen molar-refractivity contribution in [2.75, 3.05) is 7.11 Å². The van der Waals surface area contributed by atoms with Gasteiger partial charge >= 0.3 is 5.69 Å². The Kier molecular flexibility index (Phi) is 5.06. The molecule has 0 N–H and O–H groups in total. The number of benzene rings is 2. The molecule has 0 radical (unpaired) electrons. The van der Waals surface area contributed by atoms with E-state index >= 15 is 0 Å². The molecule has 0 saturated carbocycles. The number of methoxy groups -OCH3 is 1. The van der Waals surface area contributed by atoms with Crippen LogP contribution in [0.1, 0.15) is 16.0 Å². The van der Waals surface area contributed by atoms with Gasteiger partial charge in [0.2, 0.25) is 0 Å². The Bertz CT molecular complexity index is 1330. The van der Waals surface area contributed by atoms with E-state index in [1.807, 2.05) is 26.0 Å². The summed E-state index contributed by atoms with van der Waals surface area (Å²) >= 11 is 7.46. The maximum Gasteiger partial charge on any atom is 0.337 e. The standard InChI is InChI=1S/C22H19ClN2O3S/c1-13-14(2)29-21-19(13)20(26)25(17-5-4-6-18(11-17)28-3)22(27)24(21)12-15-7-9-16(23)10-8-15/h4-11H,12H2,1-3H3. The molecule has 0 aliphatic rings. The highest BCUT2D eigenvalue weighted by atomic mass is 35.5. The lowest BCUT2D eigenvalue weighted by atomic mass is 10.2. The molecule has 0 amide bonds. The number of rotatable bonds is 4. The fourth-order valence-corrected chi connectivity index (χ4v) is 4.61. The van der Waals surface area contributed by atoms with Gasteiger partial charge in [-0.1, -0.05) is 29.8 Å². The van der Waals surface area contributed by atoms with Gasteiger partial charge in [-0.3, -0.25) is 9.36 Å². The number of aryl methyl sites for hydroxylation is 2. The van der Waals surface area contributed by atoms with Gasteiger partial charge in [-0.25, -0.2) is 9.36 Å². The number of ether oxygens (including phenoxy) is 1. The van der Waals surface area contributed by atoms with E-state index in [1.54, 1.807) is 48.1 Å². The first-order valence-corrected chi connectivity index (χ1v) is 10.2. The zero-order chi connectivity index (χ0) is 20.7. The highest BCUT2D eigenvalue weighted by molar-refractivity contribution is 7.18. The molecule has 5 nitrogen and oxygen atoms in total. The number of thiophene rings is 1. The third-order valence-electron chi connectivity index (χ3n) is 5.02. The van der Waals surface area contributed by atoms with Gasteiger partial charge in [0.15, 0.2) is 0 Å². The summed E-state index contributed by atoms with van der Waals surface area (Å²) in [5.41, 5.74) is 1.61. The van der Waals surface area contributed by atoms with Crippen LogP contribution in [0.3, 0.4) is 0 Å². The second-order valence-corrected chi connectivity index (χ2v) is 8.44. The SMILES string of the molecule is COc1cccc(-n2c(=O)c3c(C)c(C)sc3n(Cc3ccc(Cl)cc3)c2=O)c1. The first kappa shape index (κ1) is 19.5. The minimum Gasteiger partial charge on any atom is -0.497 e. The molecule has 0 saturated heterocycles. The van der Waals surface area contributed by atoms with Crippen LogP contribution >= 0.6 is 22.9 Å². The molecule has 148 valence electrons. The zero-order valence-electron chi connectivity index (χ0n) is 16.2. The van der Waals surface area contributed by atoms with Crippen LogP contribution in [0, 0.1) is 13.8 Å². The molecular formula is C22H19ClN2O3S. The van der Waals surface area contributed by atoms with Gasteiger partial charge in [0.1, 0.15) is 10.6 Å². The minimum atomic E-state index is -0.382. The second-order valence-electron chi connectivity index (χ2n) is 6.80. The largest absolute Gasteiger partial charge is 0.497 e. The van der Waals surface area contributed by atoms with Gasteiger partial charge in [-0.2, -0.15) is 0 Å². The van der Waals surface area contributed by atoms with Gasteiger partial charge in [0.25, 0.3) is 5.56 Å². The lowest BCUT2D eigenvalue weighted by molar-refractivity contribution is 0.414. The Morgan fingerprint density at radius 2 is 1.79 bits per heavy atom. The van der Waals surface area contributed by atoms with Gasteiger partial charge in [0.05, 0.1) is 24.7 Å². The molecule has 2 aromatic heterocycles. The van der Waals surface area contributed by atoms with Crippen molar-refractivity contribution in [2.24, 2.45) is 0 Å². The fraction of sp³-hybridized carbons (Fsp3) is 0.182. The quantitative estimate of drug-likeness (QED) is 0.481. The van der Waals surface area contributed by atoms with Gasteiger partial charge in [0, 0.05) is 16.0 Å². The van der Waals surface area contributed by atoms with Gasteiger partial charge in [-0.15, -0.1) is 11.3 Å². The van der Waals surface area contributed by atoms with Crippen molar-refractivity contribution < 1.29 is 4.74 Å². The summed E-state index contributed by atoms with van der Waals surface area (Å²) in [5, 5.41) is 1.21. The first-order valence-electron chi connectivity index (χ1n) is 9.05. The lowest BCUT2D eigenvalue weighted by Gasteiger charge is -2.13. The summed E-state index contributed by atoms with van der Waals surface area (Å²) < 4.78 is 8.15. The number of nitrogens with zero attached hydrogens (tertiary/aromatic N) is 2. The van der Waals surface area contributed by atoms with Crippen LogP contribution in [0.4, 0.5) is 0 Å². The van der Waals surface area contributed by atoms with Crippen molar-refractivity contribution in [2.45, 2.75) is 20.4 Å². The van der Waals surface area contributed by atoms with E-state index in [2.05, 4.69) is 0 Å². The molecule has 2 heterocycles. The van der Waals surface area contributed by atoms with Crippen molar-refractivity contribution in [1.29, 1.82) is 0 Å². The number of hydrogen-bond acceptors (Lipinski definition) is 4. The predicted molar refractivity (Wildman–Crippen MR) is 118 cm³/mol.